The number of amides is 1. The topological polar surface area (TPSA) is 80.6 Å². The number of ether oxygens (including phenoxy) is 1. The van der Waals surface area contributed by atoms with Gasteiger partial charge in [0.15, 0.2) is 11.6 Å². The number of aryl methyl sites for hydroxylation is 1. The van der Waals surface area contributed by atoms with Gasteiger partial charge in [0.25, 0.3) is 5.56 Å². The average molecular weight is 515 g/mol. The van der Waals surface area contributed by atoms with E-state index in [2.05, 4.69) is 15.9 Å². The molecule has 2 N–H and O–H groups in total. The van der Waals surface area contributed by atoms with E-state index in [-0.39, 0.29) is 40.2 Å². The number of aromatic nitrogens is 1. The molecule has 3 aromatic rings. The Morgan fingerprint density at radius 1 is 1.09 bits per heavy atom. The molecule has 0 fully saturated rings. The predicted molar refractivity (Wildman–Crippen MR) is 110 cm³/mol. The summed E-state index contributed by atoms with van der Waals surface area (Å²) >= 11 is 3.04. The van der Waals surface area contributed by atoms with Crippen LogP contribution in [0.3, 0.4) is 0 Å². The number of hydrogen-bond acceptors (Lipinski definition) is 3. The molecule has 0 radical (unpaired) electrons. The lowest BCUT2D eigenvalue weighted by atomic mass is 10.1. The van der Waals surface area contributed by atoms with Crippen molar-refractivity contribution in [3.63, 3.8) is 0 Å². The van der Waals surface area contributed by atoms with Gasteiger partial charge >= 0.3 is 6.09 Å². The molecule has 2 aromatic carbocycles. The highest BCUT2D eigenvalue weighted by molar-refractivity contribution is 9.10. The van der Waals surface area contributed by atoms with Crippen molar-refractivity contribution >= 4 is 22.0 Å². The Kier molecular flexibility index (Phi) is 6.87. The van der Waals surface area contributed by atoms with Crippen molar-refractivity contribution < 1.29 is 32.2 Å². The summed E-state index contributed by atoms with van der Waals surface area (Å²) in [7, 11) is 0. The number of carboxylic acid groups (broad SMARTS) is 1. The Morgan fingerprint density at radius 2 is 1.75 bits per heavy atom. The summed E-state index contributed by atoms with van der Waals surface area (Å²) in [6.45, 7) is 0.771. The number of halogens is 5. The first-order valence-corrected chi connectivity index (χ1v) is 9.81. The molecule has 11 heteroatoms. The van der Waals surface area contributed by atoms with Gasteiger partial charge in [-0.05, 0) is 52.7 Å². The van der Waals surface area contributed by atoms with Crippen LogP contribution in [0.15, 0.2) is 45.7 Å². The number of carbonyl (C=O) groups is 1. The molecule has 1 amide bonds. The summed E-state index contributed by atoms with van der Waals surface area (Å²) < 4.78 is 62.2. The van der Waals surface area contributed by atoms with Crippen LogP contribution < -0.4 is 15.6 Å². The molecule has 0 aliphatic heterocycles. The number of rotatable bonds is 6. The van der Waals surface area contributed by atoms with Gasteiger partial charge in [0.1, 0.15) is 34.2 Å². The van der Waals surface area contributed by atoms with Crippen LogP contribution in [0.25, 0.3) is 5.69 Å². The van der Waals surface area contributed by atoms with Gasteiger partial charge in [-0.25, -0.2) is 22.4 Å². The quantitative estimate of drug-likeness (QED) is 0.462. The third-order valence-electron chi connectivity index (χ3n) is 4.44. The van der Waals surface area contributed by atoms with Gasteiger partial charge in [-0.15, -0.1) is 0 Å². The SMILES string of the molecule is Cc1cc(OCc2ccc(F)cc2F)c(Br)c(=O)n1-c1c(F)cc(CNC(=O)O)cc1F. The van der Waals surface area contributed by atoms with Crippen LogP contribution >= 0.6 is 15.9 Å². The summed E-state index contributed by atoms with van der Waals surface area (Å²) in [5, 5.41) is 10.6. The minimum Gasteiger partial charge on any atom is -0.487 e. The van der Waals surface area contributed by atoms with Crippen molar-refractivity contribution in [1.29, 1.82) is 0 Å². The van der Waals surface area contributed by atoms with Crippen LogP contribution in [-0.2, 0) is 13.2 Å². The second-order valence-corrected chi connectivity index (χ2v) is 7.49. The lowest BCUT2D eigenvalue weighted by Crippen LogP contribution is -2.25. The Bertz CT molecular complexity index is 1240. The zero-order valence-electron chi connectivity index (χ0n) is 16.4. The number of nitrogens with zero attached hydrogens (tertiary/aromatic N) is 1. The molecule has 1 aromatic heterocycles. The van der Waals surface area contributed by atoms with E-state index in [1.54, 1.807) is 0 Å². The van der Waals surface area contributed by atoms with Crippen LogP contribution in [0, 0.1) is 30.2 Å². The molecule has 1 heterocycles. The normalized spacial score (nSPS) is 10.8. The molecule has 0 saturated carbocycles. The zero-order valence-corrected chi connectivity index (χ0v) is 18.0. The molecular formula is C21H15BrF4N2O4. The molecule has 0 saturated heterocycles. The minimum absolute atomic E-state index is 0.00410. The smallest absolute Gasteiger partial charge is 0.404 e. The number of nitrogens with one attached hydrogen (secondary N) is 1. The molecule has 0 aliphatic rings. The maximum absolute atomic E-state index is 14.7. The van der Waals surface area contributed by atoms with E-state index in [0.29, 0.717) is 6.07 Å². The van der Waals surface area contributed by atoms with Gasteiger partial charge in [0.2, 0.25) is 0 Å². The van der Waals surface area contributed by atoms with E-state index >= 15 is 0 Å². The monoisotopic (exact) mass is 514 g/mol. The van der Waals surface area contributed by atoms with Crippen molar-refractivity contribution in [3.8, 4) is 11.4 Å². The Morgan fingerprint density at radius 3 is 2.34 bits per heavy atom. The van der Waals surface area contributed by atoms with Crippen molar-refractivity contribution in [2.45, 2.75) is 20.1 Å². The maximum atomic E-state index is 14.7. The Balaban J connectivity index is 1.95. The summed E-state index contributed by atoms with van der Waals surface area (Å²) in [5.41, 5.74) is -1.31. The molecule has 168 valence electrons. The molecule has 0 bridgehead atoms. The lowest BCUT2D eigenvalue weighted by Gasteiger charge is -2.16. The lowest BCUT2D eigenvalue weighted by molar-refractivity contribution is 0.194. The van der Waals surface area contributed by atoms with Gasteiger partial charge < -0.3 is 15.2 Å². The van der Waals surface area contributed by atoms with Crippen LogP contribution in [0.1, 0.15) is 16.8 Å². The predicted octanol–water partition coefficient (Wildman–Crippen LogP) is 4.81. The number of benzene rings is 2. The second kappa shape index (κ2) is 9.43. The first kappa shape index (κ1) is 23.3. The maximum Gasteiger partial charge on any atom is 0.404 e. The van der Waals surface area contributed by atoms with Crippen LogP contribution in [-0.4, -0.2) is 15.8 Å². The third-order valence-corrected chi connectivity index (χ3v) is 5.17. The van der Waals surface area contributed by atoms with Gasteiger partial charge in [-0.1, -0.05) is 0 Å². The molecule has 0 unspecified atom stereocenters. The van der Waals surface area contributed by atoms with E-state index in [4.69, 9.17) is 9.84 Å². The van der Waals surface area contributed by atoms with Gasteiger partial charge in [-0.3, -0.25) is 9.36 Å². The number of hydrogen-bond donors (Lipinski definition) is 2. The highest BCUT2D eigenvalue weighted by atomic mass is 79.9. The largest absolute Gasteiger partial charge is 0.487 e. The first-order valence-electron chi connectivity index (χ1n) is 9.02. The minimum atomic E-state index is -1.36. The Hall–Kier alpha value is -3.34. The van der Waals surface area contributed by atoms with E-state index in [1.807, 2.05) is 5.32 Å². The molecule has 0 spiro atoms. The second-order valence-electron chi connectivity index (χ2n) is 6.70. The van der Waals surface area contributed by atoms with E-state index in [1.165, 1.54) is 19.1 Å². The fraction of sp³-hybridized carbons (Fsp3) is 0.143. The third kappa shape index (κ3) is 4.93. The molecule has 6 nitrogen and oxygen atoms in total. The van der Waals surface area contributed by atoms with E-state index in [9.17, 15) is 27.2 Å². The van der Waals surface area contributed by atoms with Crippen molar-refractivity contribution in [1.82, 2.24) is 9.88 Å². The van der Waals surface area contributed by atoms with Crippen molar-refractivity contribution in [3.05, 3.63) is 91.3 Å². The van der Waals surface area contributed by atoms with Crippen molar-refractivity contribution in [2.75, 3.05) is 0 Å². The fourth-order valence-corrected chi connectivity index (χ4v) is 3.38. The van der Waals surface area contributed by atoms with E-state index < -0.39 is 40.6 Å². The fourth-order valence-electron chi connectivity index (χ4n) is 2.97. The summed E-state index contributed by atoms with van der Waals surface area (Å²) in [6, 6.07) is 6.09. The summed E-state index contributed by atoms with van der Waals surface area (Å²) in [4.78, 5) is 23.4. The summed E-state index contributed by atoms with van der Waals surface area (Å²) in [6.07, 6.45) is -1.36. The Labute approximate surface area is 187 Å². The van der Waals surface area contributed by atoms with Gasteiger partial charge in [0.05, 0.1) is 0 Å². The molecule has 0 aliphatic carbocycles. The standard InChI is InChI=1S/C21H15BrF4N2O4/c1-10-4-17(32-9-12-2-3-13(23)7-14(12)24)18(22)20(29)28(10)19-15(25)5-11(6-16(19)26)8-27-21(30)31/h2-7,27H,8-9H2,1H3,(H,30,31). The summed E-state index contributed by atoms with van der Waals surface area (Å²) in [5.74, 6) is -3.74. The molecule has 3 rings (SSSR count). The van der Waals surface area contributed by atoms with Crippen LogP contribution in [0.2, 0.25) is 0 Å². The molecule has 32 heavy (non-hydrogen) atoms. The zero-order chi connectivity index (χ0) is 23.6. The van der Waals surface area contributed by atoms with E-state index in [0.717, 1.165) is 22.8 Å². The van der Waals surface area contributed by atoms with Gasteiger partial charge in [-0.2, -0.15) is 0 Å². The highest BCUT2D eigenvalue weighted by Gasteiger charge is 2.20. The van der Waals surface area contributed by atoms with Gasteiger partial charge in [0, 0.05) is 29.9 Å². The van der Waals surface area contributed by atoms with Crippen molar-refractivity contribution in [2.24, 2.45) is 0 Å². The molecular weight excluding hydrogens is 500 g/mol. The number of pyridine rings is 1. The van der Waals surface area contributed by atoms with Crippen LogP contribution in [0.5, 0.6) is 5.75 Å². The molecule has 0 atom stereocenters. The average Bonchev–Trinajstić information content (AvgIpc) is 2.71. The first-order chi connectivity index (χ1) is 15.1. The highest BCUT2D eigenvalue weighted by Crippen LogP contribution is 2.27. The van der Waals surface area contributed by atoms with Crippen LogP contribution in [0.4, 0.5) is 22.4 Å².